The fourth-order valence-electron chi connectivity index (χ4n) is 5.09. The van der Waals surface area contributed by atoms with Crippen molar-refractivity contribution in [3.05, 3.63) is 23.9 Å². The number of carboxylic acid groups (broad SMARTS) is 1. The van der Waals surface area contributed by atoms with Crippen LogP contribution in [0.3, 0.4) is 0 Å². The van der Waals surface area contributed by atoms with Crippen LogP contribution in [0.5, 0.6) is 0 Å². The van der Waals surface area contributed by atoms with Crippen LogP contribution in [0.15, 0.2) is 18.2 Å². The van der Waals surface area contributed by atoms with Crippen molar-refractivity contribution in [1.29, 1.82) is 0 Å². The summed E-state index contributed by atoms with van der Waals surface area (Å²) in [4.78, 5) is 32.6. The molecular formula is C23H28F3N5O4. The molecule has 2 saturated heterocycles. The maximum Gasteiger partial charge on any atom is 0.490 e. The molecular weight excluding hydrogens is 467 g/mol. The third-order valence-corrected chi connectivity index (χ3v) is 7.00. The third kappa shape index (κ3) is 5.42. The molecule has 4 N–H and O–H groups in total. The summed E-state index contributed by atoms with van der Waals surface area (Å²) >= 11 is 0. The zero-order chi connectivity index (χ0) is 25.4. The molecule has 0 radical (unpaired) electrons. The minimum Gasteiger partial charge on any atom is -0.475 e. The first-order valence-corrected chi connectivity index (χ1v) is 11.6. The molecule has 9 nitrogen and oxygen atoms in total. The molecule has 0 bridgehead atoms. The van der Waals surface area contributed by atoms with E-state index in [4.69, 9.17) is 9.90 Å². The minimum atomic E-state index is -5.08. The predicted octanol–water partition coefficient (Wildman–Crippen LogP) is 2.81. The lowest BCUT2D eigenvalue weighted by Crippen LogP contribution is -2.58. The van der Waals surface area contributed by atoms with Gasteiger partial charge in [0.15, 0.2) is 0 Å². The lowest BCUT2D eigenvalue weighted by molar-refractivity contribution is -0.192. The first-order valence-electron chi connectivity index (χ1n) is 11.6. The molecule has 5 rings (SSSR count). The number of imide groups is 1. The van der Waals surface area contributed by atoms with Gasteiger partial charge in [-0.1, -0.05) is 0 Å². The van der Waals surface area contributed by atoms with Crippen molar-refractivity contribution >= 4 is 34.4 Å². The maximum atomic E-state index is 12.3. The van der Waals surface area contributed by atoms with E-state index in [2.05, 4.69) is 39.2 Å². The van der Waals surface area contributed by atoms with Gasteiger partial charge in [-0.3, -0.25) is 19.6 Å². The number of nitrogens with one attached hydrogen (secondary N) is 3. The number of carbonyl (C=O) groups excluding carboxylic acids is 2. The summed E-state index contributed by atoms with van der Waals surface area (Å²) in [5.41, 5.74) is 3.25. The van der Waals surface area contributed by atoms with E-state index < -0.39 is 12.1 Å². The maximum absolute atomic E-state index is 12.3. The van der Waals surface area contributed by atoms with Crippen LogP contribution >= 0.6 is 0 Å². The number of hydrogen-bond donors (Lipinski definition) is 4. The predicted molar refractivity (Wildman–Crippen MR) is 121 cm³/mol. The number of benzene rings is 1. The Bertz CT molecular complexity index is 1140. The number of amides is 2. The van der Waals surface area contributed by atoms with Gasteiger partial charge >= 0.3 is 12.1 Å². The van der Waals surface area contributed by atoms with Gasteiger partial charge in [-0.15, -0.1) is 0 Å². The second-order valence-corrected chi connectivity index (χ2v) is 9.44. The van der Waals surface area contributed by atoms with Gasteiger partial charge in [-0.05, 0) is 63.3 Å². The van der Waals surface area contributed by atoms with Gasteiger partial charge in [0.25, 0.3) is 0 Å². The lowest BCUT2D eigenvalue weighted by atomic mass is 9.70. The summed E-state index contributed by atoms with van der Waals surface area (Å²) in [5, 5.41) is 22.6. The highest BCUT2D eigenvalue weighted by molar-refractivity contribution is 6.02. The molecule has 3 fully saturated rings. The number of alkyl halides is 3. The fraction of sp³-hybridized carbons (Fsp3) is 0.565. The van der Waals surface area contributed by atoms with E-state index in [1.165, 1.54) is 25.7 Å². The first-order chi connectivity index (χ1) is 16.5. The summed E-state index contributed by atoms with van der Waals surface area (Å²) in [5.74, 6) is -3.55. The number of aliphatic carboxylic acids is 1. The van der Waals surface area contributed by atoms with Crippen LogP contribution in [0.4, 0.5) is 18.9 Å². The summed E-state index contributed by atoms with van der Waals surface area (Å²) in [6, 6.07) is 6.77. The van der Waals surface area contributed by atoms with Gasteiger partial charge in [-0.2, -0.15) is 18.3 Å². The highest BCUT2D eigenvalue weighted by Crippen LogP contribution is 2.39. The molecule has 3 aliphatic rings. The number of rotatable bonds is 3. The molecule has 12 heteroatoms. The minimum absolute atomic E-state index is 0.195. The van der Waals surface area contributed by atoms with E-state index in [1.54, 1.807) is 0 Å². The molecule has 35 heavy (non-hydrogen) atoms. The number of nitrogens with zero attached hydrogens (tertiary/aromatic N) is 2. The molecule has 1 spiro atoms. The molecule has 1 aromatic heterocycles. The monoisotopic (exact) mass is 495 g/mol. The molecule has 2 atom stereocenters. The van der Waals surface area contributed by atoms with E-state index in [1.807, 2.05) is 11.7 Å². The van der Waals surface area contributed by atoms with Crippen LogP contribution in [0, 0.1) is 0 Å². The molecule has 2 aliphatic heterocycles. The van der Waals surface area contributed by atoms with Crippen molar-refractivity contribution in [3.63, 3.8) is 0 Å². The fourth-order valence-corrected chi connectivity index (χ4v) is 5.09. The van der Waals surface area contributed by atoms with E-state index in [0.29, 0.717) is 24.4 Å². The summed E-state index contributed by atoms with van der Waals surface area (Å²) in [6.07, 6.45) is 2.04. The normalized spacial score (nSPS) is 23.8. The largest absolute Gasteiger partial charge is 0.490 e. The van der Waals surface area contributed by atoms with Crippen LogP contribution < -0.4 is 16.0 Å². The van der Waals surface area contributed by atoms with Gasteiger partial charge in [0.1, 0.15) is 0 Å². The molecule has 190 valence electrons. The SMILES string of the molecule is Cn1nc(C2CCC(=O)NC2=O)c2ccc(NC3CCNC4(CCC4)C3)cc21.O=C(O)C(F)(F)F. The molecule has 1 aromatic carbocycles. The molecule has 1 aliphatic carbocycles. The molecule has 2 unspecified atom stereocenters. The van der Waals surface area contributed by atoms with Crippen molar-refractivity contribution in [2.75, 3.05) is 11.9 Å². The number of aryl methyl sites for hydroxylation is 1. The van der Waals surface area contributed by atoms with Crippen LogP contribution in [0.1, 0.15) is 56.6 Å². The van der Waals surface area contributed by atoms with Crippen LogP contribution in [-0.4, -0.2) is 57.0 Å². The first kappa shape index (κ1) is 25.0. The zero-order valence-corrected chi connectivity index (χ0v) is 19.2. The molecule has 2 aromatic rings. The molecule has 3 heterocycles. The van der Waals surface area contributed by atoms with Crippen LogP contribution in [0.25, 0.3) is 10.9 Å². The summed E-state index contributed by atoms with van der Waals surface area (Å²) in [7, 11) is 1.91. The van der Waals surface area contributed by atoms with E-state index >= 15 is 0 Å². The standard InChI is InChI=1S/C21H27N5O2.C2HF3O2/c1-26-17-11-13(23-14-7-10-22-21(12-14)8-2-9-21)3-4-15(17)19(25-26)16-5-6-18(27)24-20(16)28;3-2(4,5)1(6)7/h3-4,11,14,16,22-23H,2,5-10,12H2,1H3,(H,24,27,28);(H,6,7). The zero-order valence-electron chi connectivity index (χ0n) is 19.2. The quantitative estimate of drug-likeness (QED) is 0.483. The Balaban J connectivity index is 0.000000364. The summed E-state index contributed by atoms with van der Waals surface area (Å²) < 4.78 is 33.6. The number of piperidine rings is 2. The molecule has 2 amide bonds. The average molecular weight is 496 g/mol. The second kappa shape index (κ2) is 9.48. The number of carbonyl (C=O) groups is 3. The van der Waals surface area contributed by atoms with Crippen molar-refractivity contribution < 1.29 is 32.7 Å². The number of carboxylic acids is 1. The van der Waals surface area contributed by atoms with Gasteiger partial charge in [0.2, 0.25) is 11.8 Å². The van der Waals surface area contributed by atoms with Crippen molar-refractivity contribution in [2.24, 2.45) is 7.05 Å². The van der Waals surface area contributed by atoms with Gasteiger partial charge in [0, 0.05) is 36.1 Å². The highest BCUT2D eigenvalue weighted by atomic mass is 19.4. The second-order valence-electron chi connectivity index (χ2n) is 9.44. The average Bonchev–Trinajstić information content (AvgIpc) is 3.08. The van der Waals surface area contributed by atoms with Crippen molar-refractivity contribution in [1.82, 2.24) is 20.4 Å². The Hall–Kier alpha value is -3.15. The Morgan fingerprint density at radius 1 is 1.26 bits per heavy atom. The number of anilines is 1. The number of fused-ring (bicyclic) bond motifs is 1. The topological polar surface area (TPSA) is 125 Å². The van der Waals surface area contributed by atoms with Crippen LogP contribution in [0.2, 0.25) is 0 Å². The van der Waals surface area contributed by atoms with E-state index in [0.717, 1.165) is 35.2 Å². The Labute approximate surface area is 199 Å². The van der Waals surface area contributed by atoms with Gasteiger partial charge in [0.05, 0.1) is 17.1 Å². The smallest absolute Gasteiger partial charge is 0.475 e. The third-order valence-electron chi connectivity index (χ3n) is 7.00. The van der Waals surface area contributed by atoms with Gasteiger partial charge in [-0.25, -0.2) is 4.79 Å². The lowest BCUT2D eigenvalue weighted by Gasteiger charge is -2.48. The molecule has 1 saturated carbocycles. The van der Waals surface area contributed by atoms with E-state index in [-0.39, 0.29) is 17.7 Å². The van der Waals surface area contributed by atoms with Crippen molar-refractivity contribution in [2.45, 2.75) is 68.6 Å². The number of hydrogen-bond acceptors (Lipinski definition) is 6. The summed E-state index contributed by atoms with van der Waals surface area (Å²) in [6.45, 7) is 1.07. The number of halogens is 3. The van der Waals surface area contributed by atoms with Crippen molar-refractivity contribution in [3.8, 4) is 0 Å². The number of aromatic nitrogens is 2. The van der Waals surface area contributed by atoms with Crippen LogP contribution in [-0.2, 0) is 21.4 Å². The Kier molecular flexibility index (Phi) is 6.76. The Morgan fingerprint density at radius 3 is 2.57 bits per heavy atom. The Morgan fingerprint density at radius 2 is 1.97 bits per heavy atom. The van der Waals surface area contributed by atoms with Gasteiger partial charge < -0.3 is 15.7 Å². The highest BCUT2D eigenvalue weighted by Gasteiger charge is 2.41. The van der Waals surface area contributed by atoms with E-state index in [9.17, 15) is 22.8 Å².